The first-order valence-corrected chi connectivity index (χ1v) is 11.9. The Morgan fingerprint density at radius 1 is 0.848 bits per heavy atom. The van der Waals surface area contributed by atoms with Gasteiger partial charge in [0.15, 0.2) is 17.3 Å². The van der Waals surface area contributed by atoms with E-state index < -0.39 is 0 Å². The van der Waals surface area contributed by atoms with Crippen molar-refractivity contribution in [3.05, 3.63) is 90.0 Å². The third-order valence-electron chi connectivity index (χ3n) is 4.74. The van der Waals surface area contributed by atoms with E-state index in [1.165, 1.54) is 5.56 Å². The molecular formula is C26H26N4O2S. The normalized spacial score (nSPS) is 11.1. The van der Waals surface area contributed by atoms with E-state index in [1.54, 1.807) is 22.7 Å². The standard InChI is InChI=1S/C26H26N4O2S/c1-3-31-23-16-15-21(17-24(23)32-4-2)18-27-30-25(22-13-9-6-10-14-22)28-29-26(30)33-19-20-11-7-5-8-12-20/h5-18H,3-4,19H2,1-2H3/b27-18+. The largest absolute Gasteiger partial charge is 0.490 e. The molecule has 3 aromatic carbocycles. The molecule has 0 radical (unpaired) electrons. The number of nitrogens with zero attached hydrogens (tertiary/aromatic N) is 4. The van der Waals surface area contributed by atoms with Crippen LogP contribution in [0.15, 0.2) is 89.1 Å². The molecule has 0 N–H and O–H groups in total. The van der Waals surface area contributed by atoms with Crippen molar-refractivity contribution in [3.63, 3.8) is 0 Å². The van der Waals surface area contributed by atoms with E-state index >= 15 is 0 Å². The summed E-state index contributed by atoms with van der Waals surface area (Å²) in [6, 6.07) is 26.0. The van der Waals surface area contributed by atoms with Crippen LogP contribution in [0.5, 0.6) is 11.5 Å². The van der Waals surface area contributed by atoms with E-state index in [-0.39, 0.29) is 0 Å². The smallest absolute Gasteiger partial charge is 0.212 e. The molecule has 0 spiro atoms. The van der Waals surface area contributed by atoms with Crippen LogP contribution in [-0.2, 0) is 5.75 Å². The Labute approximate surface area is 198 Å². The van der Waals surface area contributed by atoms with Gasteiger partial charge in [-0.05, 0) is 43.2 Å². The Hall–Kier alpha value is -3.58. The SMILES string of the molecule is CCOc1ccc(/C=N/n2c(SCc3ccccc3)nnc2-c2ccccc2)cc1OCC. The maximum Gasteiger partial charge on any atom is 0.212 e. The summed E-state index contributed by atoms with van der Waals surface area (Å²) in [6.07, 6.45) is 1.79. The van der Waals surface area contributed by atoms with Crippen LogP contribution < -0.4 is 9.47 Å². The highest BCUT2D eigenvalue weighted by Gasteiger charge is 2.14. The lowest BCUT2D eigenvalue weighted by molar-refractivity contribution is 0.288. The number of rotatable bonds is 10. The summed E-state index contributed by atoms with van der Waals surface area (Å²) in [6.45, 7) is 5.05. The van der Waals surface area contributed by atoms with Crippen LogP contribution in [0.4, 0.5) is 0 Å². The molecule has 6 nitrogen and oxygen atoms in total. The van der Waals surface area contributed by atoms with Gasteiger partial charge in [0.05, 0.1) is 19.4 Å². The summed E-state index contributed by atoms with van der Waals surface area (Å²) in [5, 5.41) is 14.3. The van der Waals surface area contributed by atoms with E-state index in [0.717, 1.165) is 27.8 Å². The first kappa shape index (κ1) is 22.6. The molecule has 0 aliphatic carbocycles. The van der Waals surface area contributed by atoms with E-state index in [1.807, 2.05) is 80.6 Å². The van der Waals surface area contributed by atoms with Gasteiger partial charge in [-0.15, -0.1) is 10.2 Å². The topological polar surface area (TPSA) is 61.5 Å². The number of aromatic nitrogens is 3. The number of benzene rings is 3. The van der Waals surface area contributed by atoms with Crippen LogP contribution in [0.3, 0.4) is 0 Å². The molecule has 0 saturated heterocycles. The Balaban J connectivity index is 1.65. The molecule has 4 rings (SSSR count). The fraction of sp³-hybridized carbons (Fsp3) is 0.192. The Morgan fingerprint density at radius 3 is 2.27 bits per heavy atom. The van der Waals surface area contributed by atoms with E-state index in [4.69, 9.17) is 14.6 Å². The molecular weight excluding hydrogens is 432 g/mol. The second-order valence-corrected chi connectivity index (χ2v) is 8.02. The van der Waals surface area contributed by atoms with E-state index in [9.17, 15) is 0 Å². The van der Waals surface area contributed by atoms with Crippen molar-refractivity contribution >= 4 is 18.0 Å². The van der Waals surface area contributed by atoms with Crippen LogP contribution >= 0.6 is 11.8 Å². The molecule has 0 unspecified atom stereocenters. The quantitative estimate of drug-likeness (QED) is 0.218. The van der Waals surface area contributed by atoms with Gasteiger partial charge in [0.1, 0.15) is 0 Å². The molecule has 0 aliphatic heterocycles. The van der Waals surface area contributed by atoms with Crippen molar-refractivity contribution in [3.8, 4) is 22.9 Å². The first-order chi connectivity index (χ1) is 16.3. The average molecular weight is 459 g/mol. The zero-order valence-corrected chi connectivity index (χ0v) is 19.5. The highest BCUT2D eigenvalue weighted by Crippen LogP contribution is 2.29. The summed E-state index contributed by atoms with van der Waals surface area (Å²) in [4.78, 5) is 0. The van der Waals surface area contributed by atoms with Crippen molar-refractivity contribution in [2.75, 3.05) is 13.2 Å². The van der Waals surface area contributed by atoms with Crippen LogP contribution in [0.1, 0.15) is 25.0 Å². The minimum atomic E-state index is 0.560. The summed E-state index contributed by atoms with van der Waals surface area (Å²) in [5.74, 6) is 2.90. The van der Waals surface area contributed by atoms with Gasteiger partial charge >= 0.3 is 0 Å². The second-order valence-electron chi connectivity index (χ2n) is 7.08. The number of ether oxygens (including phenoxy) is 2. The maximum absolute atomic E-state index is 5.75. The van der Waals surface area contributed by atoms with Crippen LogP contribution in [0.2, 0.25) is 0 Å². The first-order valence-electron chi connectivity index (χ1n) is 10.9. The zero-order valence-electron chi connectivity index (χ0n) is 18.7. The fourth-order valence-corrected chi connectivity index (χ4v) is 4.06. The number of hydrogen-bond acceptors (Lipinski definition) is 6. The minimum absolute atomic E-state index is 0.560. The summed E-state index contributed by atoms with van der Waals surface area (Å²) >= 11 is 1.60. The van der Waals surface area contributed by atoms with Crippen molar-refractivity contribution < 1.29 is 9.47 Å². The van der Waals surface area contributed by atoms with Gasteiger partial charge in [0.25, 0.3) is 0 Å². The van der Waals surface area contributed by atoms with Crippen molar-refractivity contribution in [1.82, 2.24) is 14.9 Å². The van der Waals surface area contributed by atoms with Gasteiger partial charge in [0.2, 0.25) is 5.16 Å². The Morgan fingerprint density at radius 2 is 1.55 bits per heavy atom. The molecule has 0 fully saturated rings. The third kappa shape index (κ3) is 5.81. The monoisotopic (exact) mass is 458 g/mol. The Kier molecular flexibility index (Phi) is 7.76. The fourth-order valence-electron chi connectivity index (χ4n) is 3.22. The molecule has 7 heteroatoms. The highest BCUT2D eigenvalue weighted by atomic mass is 32.2. The second kappa shape index (κ2) is 11.3. The zero-order chi connectivity index (χ0) is 22.9. The molecule has 1 heterocycles. The lowest BCUT2D eigenvalue weighted by Gasteiger charge is -2.11. The molecule has 0 bridgehead atoms. The minimum Gasteiger partial charge on any atom is -0.490 e. The summed E-state index contributed by atoms with van der Waals surface area (Å²) in [5.41, 5.74) is 3.07. The molecule has 33 heavy (non-hydrogen) atoms. The van der Waals surface area contributed by atoms with E-state index in [0.29, 0.717) is 24.8 Å². The average Bonchev–Trinajstić information content (AvgIpc) is 3.27. The van der Waals surface area contributed by atoms with Gasteiger partial charge in [0, 0.05) is 11.3 Å². The summed E-state index contributed by atoms with van der Waals surface area (Å²) < 4.78 is 13.2. The van der Waals surface area contributed by atoms with Gasteiger partial charge in [-0.2, -0.15) is 9.78 Å². The number of thioether (sulfide) groups is 1. The molecule has 168 valence electrons. The predicted octanol–water partition coefficient (Wildman–Crippen LogP) is 5.92. The van der Waals surface area contributed by atoms with Gasteiger partial charge in [-0.25, -0.2) is 0 Å². The maximum atomic E-state index is 5.75. The van der Waals surface area contributed by atoms with Crippen molar-refractivity contribution in [1.29, 1.82) is 0 Å². The molecule has 0 amide bonds. The van der Waals surface area contributed by atoms with Crippen LogP contribution in [0, 0.1) is 0 Å². The van der Waals surface area contributed by atoms with Crippen molar-refractivity contribution in [2.24, 2.45) is 5.10 Å². The predicted molar refractivity (Wildman–Crippen MR) is 133 cm³/mol. The lowest BCUT2D eigenvalue weighted by Crippen LogP contribution is -2.00. The van der Waals surface area contributed by atoms with Crippen LogP contribution in [-0.4, -0.2) is 34.3 Å². The molecule has 4 aromatic rings. The van der Waals surface area contributed by atoms with Crippen LogP contribution in [0.25, 0.3) is 11.4 Å². The van der Waals surface area contributed by atoms with Gasteiger partial charge in [-0.3, -0.25) is 0 Å². The molecule has 1 aromatic heterocycles. The summed E-state index contributed by atoms with van der Waals surface area (Å²) in [7, 11) is 0. The van der Waals surface area contributed by atoms with Gasteiger partial charge < -0.3 is 9.47 Å². The third-order valence-corrected chi connectivity index (χ3v) is 5.74. The highest BCUT2D eigenvalue weighted by molar-refractivity contribution is 7.98. The molecule has 0 atom stereocenters. The number of hydrogen-bond donors (Lipinski definition) is 0. The van der Waals surface area contributed by atoms with Crippen molar-refractivity contribution in [2.45, 2.75) is 24.8 Å². The lowest BCUT2D eigenvalue weighted by atomic mass is 10.2. The van der Waals surface area contributed by atoms with Gasteiger partial charge in [-0.1, -0.05) is 72.4 Å². The molecule has 0 aliphatic rings. The van der Waals surface area contributed by atoms with E-state index in [2.05, 4.69) is 22.3 Å². The Bertz CT molecular complexity index is 1190. The molecule has 0 saturated carbocycles.